The Labute approximate surface area is 361 Å². The number of allylic oxidation sites excluding steroid dienone is 18. The first-order valence-corrected chi connectivity index (χ1v) is 23.4. The molecule has 12 heteroatoms. The Balaban J connectivity index is 4.50. The molecular formula is C48H76NO10P. The molecule has 0 bridgehead atoms. The van der Waals surface area contributed by atoms with Gasteiger partial charge in [-0.25, -0.2) is 4.57 Å². The summed E-state index contributed by atoms with van der Waals surface area (Å²) in [5.74, 6) is -2.47. The minimum atomic E-state index is -4.74. The third-order valence-electron chi connectivity index (χ3n) is 8.52. The average molecular weight is 858 g/mol. The molecule has 4 N–H and O–H groups in total. The number of carboxylic acid groups (broad SMARTS) is 1. The van der Waals surface area contributed by atoms with Gasteiger partial charge in [0.15, 0.2) is 6.10 Å². The Morgan fingerprint density at radius 3 is 1.32 bits per heavy atom. The van der Waals surface area contributed by atoms with Crippen LogP contribution < -0.4 is 5.73 Å². The van der Waals surface area contributed by atoms with Gasteiger partial charge in [0, 0.05) is 12.8 Å². The van der Waals surface area contributed by atoms with Crippen molar-refractivity contribution in [2.24, 2.45) is 5.73 Å². The molecule has 0 aromatic heterocycles. The molecule has 0 aliphatic carbocycles. The molecule has 1 unspecified atom stereocenters. The van der Waals surface area contributed by atoms with Crippen molar-refractivity contribution >= 4 is 25.7 Å². The van der Waals surface area contributed by atoms with E-state index in [0.29, 0.717) is 12.8 Å². The van der Waals surface area contributed by atoms with E-state index < -0.39 is 51.1 Å². The van der Waals surface area contributed by atoms with E-state index in [9.17, 15) is 23.8 Å². The Bertz CT molecular complexity index is 1430. The third kappa shape index (κ3) is 40.9. The van der Waals surface area contributed by atoms with Gasteiger partial charge in [0.2, 0.25) is 0 Å². The van der Waals surface area contributed by atoms with Gasteiger partial charge in [0.05, 0.1) is 13.2 Å². The van der Waals surface area contributed by atoms with Crippen LogP contribution in [0.1, 0.15) is 142 Å². The quantitative estimate of drug-likeness (QED) is 0.0232. The maximum Gasteiger partial charge on any atom is 0.472 e. The van der Waals surface area contributed by atoms with Crippen molar-refractivity contribution in [1.29, 1.82) is 0 Å². The highest BCUT2D eigenvalue weighted by molar-refractivity contribution is 7.47. The van der Waals surface area contributed by atoms with Crippen LogP contribution in [0.3, 0.4) is 0 Å². The Morgan fingerprint density at radius 2 is 0.883 bits per heavy atom. The lowest BCUT2D eigenvalue weighted by Gasteiger charge is -2.20. The van der Waals surface area contributed by atoms with Crippen molar-refractivity contribution in [2.45, 2.75) is 154 Å². The first-order chi connectivity index (χ1) is 29.1. The van der Waals surface area contributed by atoms with Crippen LogP contribution in [-0.2, 0) is 37.5 Å². The zero-order valence-electron chi connectivity index (χ0n) is 36.5. The largest absolute Gasteiger partial charge is 0.480 e. The number of hydrogen-bond acceptors (Lipinski definition) is 9. The molecule has 0 radical (unpaired) electrons. The van der Waals surface area contributed by atoms with E-state index in [2.05, 4.69) is 128 Å². The molecule has 0 aromatic carbocycles. The van der Waals surface area contributed by atoms with Gasteiger partial charge in [-0.2, -0.15) is 0 Å². The molecule has 0 fully saturated rings. The standard InChI is InChI=1S/C48H76NO10P/c1-3-5-7-9-11-13-15-17-19-21-22-24-26-28-30-32-34-36-38-40-47(51)59-44(42-57-60(54,55)58-43-45(49)48(52)53)41-56-46(50)39-37-35-33-31-29-27-25-23-20-18-16-14-12-10-8-6-4-2/h5-8,11-14,17-20,22,24-25,27-28,30,44-45H,3-4,9-10,15-16,21,23,26,29,31-43,49H2,1-2H3,(H,52,53)(H,54,55)/b7-5-,8-6-,13-11-,14-12-,19-17-,20-18-,24-22-,27-25-,30-28-/t44-,45+/m1/s1. The molecule has 0 aliphatic heterocycles. The number of aliphatic carboxylic acids is 1. The predicted molar refractivity (Wildman–Crippen MR) is 244 cm³/mol. The van der Waals surface area contributed by atoms with Crippen LogP contribution in [0, 0.1) is 0 Å². The van der Waals surface area contributed by atoms with Gasteiger partial charge < -0.3 is 25.2 Å². The highest BCUT2D eigenvalue weighted by Crippen LogP contribution is 2.43. The number of hydrogen-bond donors (Lipinski definition) is 3. The number of unbranched alkanes of at least 4 members (excludes halogenated alkanes) is 7. The van der Waals surface area contributed by atoms with E-state index in [4.69, 9.17) is 24.8 Å². The van der Waals surface area contributed by atoms with Crippen molar-refractivity contribution in [3.63, 3.8) is 0 Å². The lowest BCUT2D eigenvalue weighted by atomic mass is 10.1. The SMILES string of the molecule is CC/C=C\C/C=C\C/C=C\C/C=C\C/C=C\CCCCCC(=O)O[C@H](COC(=O)CCCCCC/C=C\C/C=C\C/C=C\C/C=C\CC)COP(=O)(O)OC[C@H](N)C(=O)O. The molecule has 60 heavy (non-hydrogen) atoms. The Morgan fingerprint density at radius 1 is 0.517 bits per heavy atom. The predicted octanol–water partition coefficient (Wildman–Crippen LogP) is 11.8. The van der Waals surface area contributed by atoms with Crippen LogP contribution in [0.15, 0.2) is 109 Å². The fourth-order valence-electron chi connectivity index (χ4n) is 5.14. The van der Waals surface area contributed by atoms with Crippen LogP contribution in [0.2, 0.25) is 0 Å². The average Bonchev–Trinajstić information content (AvgIpc) is 3.22. The summed E-state index contributed by atoms with van der Waals surface area (Å²) in [6.45, 7) is 2.49. The normalized spacial score (nSPS) is 14.7. The summed E-state index contributed by atoms with van der Waals surface area (Å²) in [7, 11) is -4.74. The zero-order chi connectivity index (χ0) is 44.2. The summed E-state index contributed by atoms with van der Waals surface area (Å²) in [4.78, 5) is 46.0. The fourth-order valence-corrected chi connectivity index (χ4v) is 5.92. The molecule has 0 aromatic rings. The molecule has 0 aliphatic rings. The van der Waals surface area contributed by atoms with Crippen LogP contribution in [0.5, 0.6) is 0 Å². The van der Waals surface area contributed by atoms with Gasteiger partial charge in [-0.3, -0.25) is 23.4 Å². The molecule has 0 heterocycles. The van der Waals surface area contributed by atoms with Crippen molar-refractivity contribution in [3.05, 3.63) is 109 Å². The number of carbonyl (C=O) groups excluding carboxylic acids is 2. The second-order valence-corrected chi connectivity index (χ2v) is 15.5. The monoisotopic (exact) mass is 858 g/mol. The van der Waals surface area contributed by atoms with Gasteiger partial charge in [-0.1, -0.05) is 142 Å². The maximum atomic E-state index is 12.6. The molecule has 338 valence electrons. The molecule has 0 amide bonds. The minimum Gasteiger partial charge on any atom is -0.480 e. The molecule has 0 saturated heterocycles. The fraction of sp³-hybridized carbons (Fsp3) is 0.562. The van der Waals surface area contributed by atoms with E-state index in [1.807, 2.05) is 0 Å². The molecule has 0 spiro atoms. The molecule has 0 saturated carbocycles. The number of phosphoric ester groups is 1. The topological polar surface area (TPSA) is 172 Å². The summed E-state index contributed by atoms with van der Waals surface area (Å²) in [5.41, 5.74) is 5.33. The smallest absolute Gasteiger partial charge is 0.472 e. The van der Waals surface area contributed by atoms with Gasteiger partial charge in [-0.15, -0.1) is 0 Å². The van der Waals surface area contributed by atoms with Crippen molar-refractivity contribution in [1.82, 2.24) is 0 Å². The highest BCUT2D eigenvalue weighted by atomic mass is 31.2. The zero-order valence-corrected chi connectivity index (χ0v) is 37.4. The highest BCUT2D eigenvalue weighted by Gasteiger charge is 2.28. The second kappa shape index (κ2) is 41.9. The minimum absolute atomic E-state index is 0.109. The number of ether oxygens (including phenoxy) is 2. The van der Waals surface area contributed by atoms with E-state index >= 15 is 0 Å². The van der Waals surface area contributed by atoms with E-state index in [1.54, 1.807) is 0 Å². The molecular weight excluding hydrogens is 781 g/mol. The number of phosphoric acid groups is 1. The molecule has 0 rings (SSSR count). The Kier molecular flexibility index (Phi) is 39.2. The second-order valence-electron chi connectivity index (χ2n) is 14.1. The van der Waals surface area contributed by atoms with Crippen LogP contribution in [-0.4, -0.2) is 59.9 Å². The first kappa shape index (κ1) is 56.1. The van der Waals surface area contributed by atoms with Crippen molar-refractivity contribution in [2.75, 3.05) is 19.8 Å². The van der Waals surface area contributed by atoms with Crippen molar-refractivity contribution in [3.8, 4) is 0 Å². The number of esters is 2. The summed E-state index contributed by atoms with van der Waals surface area (Å²) in [6.07, 6.45) is 54.3. The lowest BCUT2D eigenvalue weighted by Crippen LogP contribution is -2.34. The van der Waals surface area contributed by atoms with E-state index in [-0.39, 0.29) is 19.4 Å². The number of carboxylic acids is 1. The lowest BCUT2D eigenvalue weighted by molar-refractivity contribution is -0.161. The van der Waals surface area contributed by atoms with Crippen LogP contribution in [0.4, 0.5) is 0 Å². The maximum absolute atomic E-state index is 12.6. The number of carbonyl (C=O) groups is 3. The molecule has 3 atom stereocenters. The van der Waals surface area contributed by atoms with E-state index in [1.165, 1.54) is 0 Å². The van der Waals surface area contributed by atoms with Crippen LogP contribution in [0.25, 0.3) is 0 Å². The van der Waals surface area contributed by atoms with Gasteiger partial charge in [-0.05, 0) is 96.3 Å². The summed E-state index contributed by atoms with van der Waals surface area (Å²) >= 11 is 0. The molecule has 11 nitrogen and oxygen atoms in total. The van der Waals surface area contributed by atoms with Crippen molar-refractivity contribution < 1.29 is 47.5 Å². The first-order valence-electron chi connectivity index (χ1n) is 21.9. The van der Waals surface area contributed by atoms with Crippen LogP contribution >= 0.6 is 7.82 Å². The number of nitrogens with two attached hydrogens (primary N) is 1. The van der Waals surface area contributed by atoms with Gasteiger partial charge in [0.25, 0.3) is 0 Å². The van der Waals surface area contributed by atoms with E-state index in [0.717, 1.165) is 103 Å². The number of rotatable bonds is 39. The Hall–Kier alpha value is -3.86. The van der Waals surface area contributed by atoms with Gasteiger partial charge >= 0.3 is 25.7 Å². The summed E-state index contributed by atoms with van der Waals surface area (Å²) in [6, 6.07) is -1.54. The van der Waals surface area contributed by atoms with Gasteiger partial charge in [0.1, 0.15) is 12.6 Å². The summed E-state index contributed by atoms with van der Waals surface area (Å²) in [5, 5.41) is 8.89. The summed E-state index contributed by atoms with van der Waals surface area (Å²) < 4.78 is 32.7. The third-order valence-corrected chi connectivity index (χ3v) is 9.47.